The van der Waals surface area contributed by atoms with Crippen LogP contribution in [0.25, 0.3) is 0 Å². The topological polar surface area (TPSA) is 55.3 Å². The smallest absolute Gasteiger partial charge is 0.169 e. The number of benzene rings is 2. The van der Waals surface area contributed by atoms with E-state index in [4.69, 9.17) is 25.4 Å². The molecule has 148 valence electrons. The van der Waals surface area contributed by atoms with Crippen LogP contribution in [0.4, 0.5) is 11.4 Å². The molecule has 0 aliphatic carbocycles. The van der Waals surface area contributed by atoms with Crippen molar-refractivity contribution < 1.29 is 18.9 Å². The molecule has 3 aliphatic heterocycles. The minimum absolute atomic E-state index is 0.0605. The van der Waals surface area contributed by atoms with Crippen LogP contribution < -0.4 is 14.5 Å². The number of hydrazine groups is 1. The highest BCUT2D eigenvalue weighted by Gasteiger charge is 2.48. The molecule has 3 aliphatic rings. The maximum atomic E-state index is 5.96. The first kappa shape index (κ1) is 17.9. The molecule has 2 aromatic rings. The Morgan fingerprint density at radius 2 is 1.66 bits per heavy atom. The number of fused-ring (bicyclic) bond motifs is 4. The third kappa shape index (κ3) is 3.48. The van der Waals surface area contributed by atoms with Crippen LogP contribution in [0.15, 0.2) is 41.4 Å². The first-order valence-electron chi connectivity index (χ1n) is 9.62. The Morgan fingerprint density at radius 1 is 0.931 bits per heavy atom. The Kier molecular flexibility index (Phi) is 4.72. The molecule has 29 heavy (non-hydrogen) atoms. The van der Waals surface area contributed by atoms with E-state index in [0.29, 0.717) is 51.1 Å². The predicted molar refractivity (Wildman–Crippen MR) is 109 cm³/mol. The zero-order valence-corrected chi connectivity index (χ0v) is 15.9. The SMILES string of the molecule is C#Cc1cccc(N2C3c4cc5c(cc4N=CN32)OCCOCCOCCO5)c1. The molecule has 1 fully saturated rings. The molecule has 1 unspecified atom stereocenters. The lowest BCUT2D eigenvalue weighted by Crippen LogP contribution is -2.16. The van der Waals surface area contributed by atoms with Crippen LogP contribution in [-0.4, -0.2) is 51.0 Å². The minimum atomic E-state index is 0.0605. The number of hydrogen-bond donors (Lipinski definition) is 0. The summed E-state index contributed by atoms with van der Waals surface area (Å²) in [4.78, 5) is 4.60. The molecule has 5 rings (SSSR count). The van der Waals surface area contributed by atoms with Crippen molar-refractivity contribution in [2.24, 2.45) is 4.99 Å². The average molecular weight is 391 g/mol. The number of aliphatic imine (C=N–C) groups is 1. The fourth-order valence-corrected chi connectivity index (χ4v) is 3.56. The summed E-state index contributed by atoms with van der Waals surface area (Å²) in [6, 6.07) is 11.9. The van der Waals surface area contributed by atoms with Gasteiger partial charge in [-0.1, -0.05) is 12.0 Å². The summed E-state index contributed by atoms with van der Waals surface area (Å²) in [6.45, 7) is 2.99. The first-order chi connectivity index (χ1) is 14.3. The Hall–Kier alpha value is -3.21. The van der Waals surface area contributed by atoms with Crippen LogP contribution in [0.5, 0.6) is 11.5 Å². The van der Waals surface area contributed by atoms with Crippen LogP contribution in [0.2, 0.25) is 0 Å². The van der Waals surface area contributed by atoms with E-state index in [1.165, 1.54) is 0 Å². The molecule has 1 atom stereocenters. The summed E-state index contributed by atoms with van der Waals surface area (Å²) in [7, 11) is 0. The van der Waals surface area contributed by atoms with Crippen molar-refractivity contribution in [3.63, 3.8) is 0 Å². The van der Waals surface area contributed by atoms with Gasteiger partial charge in [0.1, 0.15) is 19.6 Å². The Morgan fingerprint density at radius 3 is 2.41 bits per heavy atom. The minimum Gasteiger partial charge on any atom is -0.487 e. The summed E-state index contributed by atoms with van der Waals surface area (Å²) in [5.41, 5.74) is 3.81. The molecule has 1 saturated heterocycles. The van der Waals surface area contributed by atoms with Gasteiger partial charge in [-0.25, -0.2) is 10.0 Å². The van der Waals surface area contributed by atoms with Gasteiger partial charge in [0.25, 0.3) is 0 Å². The largest absolute Gasteiger partial charge is 0.487 e. The molecule has 2 aromatic carbocycles. The number of hydrogen-bond acceptors (Lipinski definition) is 7. The van der Waals surface area contributed by atoms with E-state index < -0.39 is 0 Å². The second-order valence-corrected chi connectivity index (χ2v) is 6.82. The van der Waals surface area contributed by atoms with Crippen molar-refractivity contribution in [3.8, 4) is 23.8 Å². The molecule has 0 bridgehead atoms. The standard InChI is InChI=1S/C22H21N3O4/c1-2-16-4-3-5-17(12-16)25-22-18-13-20-21(14-19(18)23-15-24(22)25)29-11-9-27-7-6-26-8-10-28-20/h1,3-5,12-15,22H,6-11H2. The molecule has 0 amide bonds. The summed E-state index contributed by atoms with van der Waals surface area (Å²) >= 11 is 0. The molecule has 0 N–H and O–H groups in total. The van der Waals surface area contributed by atoms with Gasteiger partial charge in [0.05, 0.1) is 37.8 Å². The third-order valence-electron chi connectivity index (χ3n) is 4.98. The van der Waals surface area contributed by atoms with E-state index in [1.54, 1.807) is 0 Å². The molecular formula is C22H21N3O4. The van der Waals surface area contributed by atoms with Crippen molar-refractivity contribution in [2.75, 3.05) is 44.7 Å². The van der Waals surface area contributed by atoms with Crippen molar-refractivity contribution in [2.45, 2.75) is 6.17 Å². The third-order valence-corrected chi connectivity index (χ3v) is 4.98. The highest BCUT2D eigenvalue weighted by Crippen LogP contribution is 2.52. The number of terminal acetylenes is 1. The molecule has 0 spiro atoms. The second-order valence-electron chi connectivity index (χ2n) is 6.82. The van der Waals surface area contributed by atoms with Crippen LogP contribution in [0.1, 0.15) is 17.3 Å². The van der Waals surface area contributed by atoms with Gasteiger partial charge in [-0.2, -0.15) is 0 Å². The molecule has 3 heterocycles. The summed E-state index contributed by atoms with van der Waals surface area (Å²) in [5, 5.41) is 4.22. The predicted octanol–water partition coefficient (Wildman–Crippen LogP) is 2.88. The lowest BCUT2D eigenvalue weighted by Gasteiger charge is -2.17. The fraction of sp³-hybridized carbons (Fsp3) is 0.318. The fourth-order valence-electron chi connectivity index (χ4n) is 3.56. The zero-order chi connectivity index (χ0) is 19.6. The van der Waals surface area contributed by atoms with E-state index in [0.717, 1.165) is 22.5 Å². The zero-order valence-electron chi connectivity index (χ0n) is 15.9. The quantitative estimate of drug-likeness (QED) is 0.550. The molecule has 7 nitrogen and oxygen atoms in total. The Labute approximate surface area is 169 Å². The van der Waals surface area contributed by atoms with Gasteiger partial charge < -0.3 is 18.9 Å². The van der Waals surface area contributed by atoms with E-state index in [2.05, 4.69) is 20.9 Å². The molecule has 7 heteroatoms. The van der Waals surface area contributed by atoms with Crippen LogP contribution in [0, 0.1) is 12.3 Å². The van der Waals surface area contributed by atoms with Gasteiger partial charge in [0.15, 0.2) is 17.7 Å². The lowest BCUT2D eigenvalue weighted by atomic mass is 10.1. The van der Waals surface area contributed by atoms with Gasteiger partial charge in [-0.15, -0.1) is 6.42 Å². The first-order valence-corrected chi connectivity index (χ1v) is 9.62. The van der Waals surface area contributed by atoms with Gasteiger partial charge in [0.2, 0.25) is 0 Å². The Bertz CT molecular complexity index is 985. The lowest BCUT2D eigenvalue weighted by molar-refractivity contribution is 0.0223. The van der Waals surface area contributed by atoms with Crippen molar-refractivity contribution in [3.05, 3.63) is 47.5 Å². The molecular weight excluding hydrogens is 370 g/mol. The monoisotopic (exact) mass is 391 g/mol. The van der Waals surface area contributed by atoms with Crippen molar-refractivity contribution in [1.29, 1.82) is 0 Å². The summed E-state index contributed by atoms with van der Waals surface area (Å²) in [6.07, 6.45) is 7.44. The van der Waals surface area contributed by atoms with Gasteiger partial charge in [0, 0.05) is 17.2 Å². The van der Waals surface area contributed by atoms with Gasteiger partial charge >= 0.3 is 0 Å². The van der Waals surface area contributed by atoms with Crippen LogP contribution in [-0.2, 0) is 9.47 Å². The Balaban J connectivity index is 1.44. The van der Waals surface area contributed by atoms with Crippen LogP contribution in [0.3, 0.4) is 0 Å². The van der Waals surface area contributed by atoms with Gasteiger partial charge in [-0.05, 0) is 24.3 Å². The van der Waals surface area contributed by atoms with E-state index >= 15 is 0 Å². The van der Waals surface area contributed by atoms with E-state index in [1.807, 2.05) is 42.7 Å². The maximum Gasteiger partial charge on any atom is 0.169 e. The van der Waals surface area contributed by atoms with Crippen molar-refractivity contribution in [1.82, 2.24) is 5.01 Å². The maximum absolute atomic E-state index is 5.96. The number of rotatable bonds is 1. The van der Waals surface area contributed by atoms with Crippen LogP contribution >= 0.6 is 0 Å². The van der Waals surface area contributed by atoms with E-state index in [-0.39, 0.29) is 6.17 Å². The van der Waals surface area contributed by atoms with Gasteiger partial charge in [-0.3, -0.25) is 5.01 Å². The number of anilines is 1. The molecule has 0 saturated carbocycles. The molecule has 0 aromatic heterocycles. The van der Waals surface area contributed by atoms with E-state index in [9.17, 15) is 0 Å². The number of nitrogens with zero attached hydrogens (tertiary/aromatic N) is 3. The summed E-state index contributed by atoms with van der Waals surface area (Å²) < 4.78 is 22.9. The second kappa shape index (κ2) is 7.66. The molecule has 0 radical (unpaired) electrons. The average Bonchev–Trinajstić information content (AvgIpc) is 3.49. The highest BCUT2D eigenvalue weighted by molar-refractivity contribution is 5.79. The van der Waals surface area contributed by atoms with Crippen molar-refractivity contribution >= 4 is 17.7 Å². The number of ether oxygens (including phenoxy) is 4. The normalized spacial score (nSPS) is 20.6. The highest BCUT2D eigenvalue weighted by atomic mass is 16.6. The summed E-state index contributed by atoms with van der Waals surface area (Å²) in [5.74, 6) is 4.04.